The van der Waals surface area contributed by atoms with Crippen molar-refractivity contribution in [3.05, 3.63) is 76.9 Å². The number of benzene rings is 1. The van der Waals surface area contributed by atoms with Crippen LogP contribution in [-0.2, 0) is 22.6 Å². The molecular weight excluding hydrogens is 438 g/mol. The first-order chi connectivity index (χ1) is 16.9. The van der Waals surface area contributed by atoms with Gasteiger partial charge in [-0.1, -0.05) is 24.3 Å². The highest BCUT2D eigenvalue weighted by Crippen LogP contribution is 2.59. The van der Waals surface area contributed by atoms with Gasteiger partial charge >= 0.3 is 0 Å². The van der Waals surface area contributed by atoms with E-state index in [1.807, 2.05) is 78.9 Å². The molecule has 2 aromatic heterocycles. The molecule has 3 heterocycles. The van der Waals surface area contributed by atoms with Gasteiger partial charge in [0.2, 0.25) is 11.8 Å². The number of piperidine rings is 1. The Morgan fingerprint density at radius 2 is 1.77 bits per heavy atom. The zero-order valence-electron chi connectivity index (χ0n) is 20.8. The summed E-state index contributed by atoms with van der Waals surface area (Å²) >= 11 is 0. The van der Waals surface area contributed by atoms with Crippen LogP contribution in [-0.4, -0.2) is 44.6 Å². The summed E-state index contributed by atoms with van der Waals surface area (Å²) in [6, 6.07) is 15.9. The van der Waals surface area contributed by atoms with Crippen LogP contribution in [0.3, 0.4) is 0 Å². The van der Waals surface area contributed by atoms with Crippen LogP contribution in [0.2, 0.25) is 0 Å². The molecule has 1 saturated carbocycles. The first-order valence-corrected chi connectivity index (χ1v) is 12.4. The van der Waals surface area contributed by atoms with E-state index in [4.69, 9.17) is 0 Å². The predicted molar refractivity (Wildman–Crippen MR) is 134 cm³/mol. The highest BCUT2D eigenvalue weighted by molar-refractivity contribution is 5.83. The summed E-state index contributed by atoms with van der Waals surface area (Å²) in [5.41, 5.74) is 5.82. The molecule has 1 saturated heterocycles. The quantitative estimate of drug-likeness (QED) is 0.595. The van der Waals surface area contributed by atoms with Crippen molar-refractivity contribution in [3.63, 3.8) is 0 Å². The van der Waals surface area contributed by atoms with Crippen LogP contribution in [0, 0.1) is 32.1 Å². The monoisotopic (exact) mass is 471 g/mol. The number of nitrogens with zero attached hydrogens (tertiary/aromatic N) is 4. The van der Waals surface area contributed by atoms with E-state index in [0.29, 0.717) is 26.1 Å². The van der Waals surface area contributed by atoms with E-state index in [1.54, 1.807) is 0 Å². The number of amides is 2. The lowest BCUT2D eigenvalue weighted by Gasteiger charge is -2.33. The Morgan fingerprint density at radius 3 is 2.49 bits per heavy atom. The fourth-order valence-electron chi connectivity index (χ4n) is 5.49. The number of aromatic nitrogens is 3. The lowest BCUT2D eigenvalue weighted by Crippen LogP contribution is -2.41. The van der Waals surface area contributed by atoms with Crippen molar-refractivity contribution >= 4 is 11.8 Å². The van der Waals surface area contributed by atoms with E-state index in [2.05, 4.69) is 15.4 Å². The van der Waals surface area contributed by atoms with E-state index in [9.17, 15) is 9.59 Å². The molecule has 1 spiro atoms. The Kier molecular flexibility index (Phi) is 6.17. The highest BCUT2D eigenvalue weighted by Gasteiger charge is 2.58. The molecule has 1 aliphatic carbocycles. The van der Waals surface area contributed by atoms with Crippen molar-refractivity contribution in [1.29, 1.82) is 0 Å². The topological polar surface area (TPSA) is 80.1 Å². The van der Waals surface area contributed by atoms with Gasteiger partial charge in [-0.15, -0.1) is 0 Å². The maximum atomic E-state index is 13.2. The van der Waals surface area contributed by atoms with Crippen LogP contribution in [0.5, 0.6) is 0 Å². The lowest BCUT2D eigenvalue weighted by molar-refractivity contribution is -0.132. The average Bonchev–Trinajstić information content (AvgIpc) is 3.49. The molecule has 0 radical (unpaired) electrons. The van der Waals surface area contributed by atoms with Crippen molar-refractivity contribution in [1.82, 2.24) is 25.0 Å². The minimum absolute atomic E-state index is 0.0538. The van der Waals surface area contributed by atoms with Crippen molar-refractivity contribution in [2.24, 2.45) is 11.3 Å². The number of carbonyl (C=O) groups excluding carboxylic acids is 2. The summed E-state index contributed by atoms with van der Waals surface area (Å²) in [4.78, 5) is 32.3. The number of hydrogen-bond acceptors (Lipinski definition) is 4. The molecule has 1 aromatic carbocycles. The molecule has 1 N–H and O–H groups in total. The molecule has 7 heteroatoms. The summed E-state index contributed by atoms with van der Waals surface area (Å²) in [5, 5.41) is 7.75. The molecule has 7 nitrogen and oxygen atoms in total. The first-order valence-electron chi connectivity index (χ1n) is 12.4. The highest BCUT2D eigenvalue weighted by atomic mass is 16.2. The normalized spacial score (nSPS) is 18.5. The van der Waals surface area contributed by atoms with E-state index >= 15 is 0 Å². The number of rotatable bonds is 6. The predicted octanol–water partition coefficient (Wildman–Crippen LogP) is 3.68. The van der Waals surface area contributed by atoms with Crippen LogP contribution in [0.1, 0.15) is 47.6 Å². The molecule has 2 fully saturated rings. The van der Waals surface area contributed by atoms with Crippen molar-refractivity contribution in [2.75, 3.05) is 13.1 Å². The number of para-hydroxylation sites is 1. The number of pyridine rings is 1. The minimum atomic E-state index is 0.0538. The van der Waals surface area contributed by atoms with Gasteiger partial charge in [-0.25, -0.2) is 4.68 Å². The summed E-state index contributed by atoms with van der Waals surface area (Å²) in [6.45, 7) is 7.85. The van der Waals surface area contributed by atoms with E-state index < -0.39 is 0 Å². The molecule has 1 aliphatic heterocycles. The second kappa shape index (κ2) is 9.29. The largest absolute Gasteiger partial charge is 0.350 e. The molecule has 2 amide bonds. The third kappa shape index (κ3) is 4.72. The smallest absolute Gasteiger partial charge is 0.227 e. The standard InChI is InChI=1S/C28H33N5O2/c1-19-8-7-9-22(30-19)18-29-27(35)25-17-28(25)12-14-32(15-13-28)26(34)16-24-20(2)31-33(21(24)3)23-10-5-4-6-11-23/h4-11,25H,12-18H2,1-3H3,(H,29,35). The molecule has 3 aromatic rings. The van der Waals surface area contributed by atoms with Crippen molar-refractivity contribution in [3.8, 4) is 5.69 Å². The van der Waals surface area contributed by atoms with Gasteiger partial charge in [-0.3, -0.25) is 14.6 Å². The zero-order chi connectivity index (χ0) is 24.6. The summed E-state index contributed by atoms with van der Waals surface area (Å²) in [7, 11) is 0. The summed E-state index contributed by atoms with van der Waals surface area (Å²) in [6.07, 6.45) is 3.07. The number of nitrogens with one attached hydrogen (secondary N) is 1. The second-order valence-corrected chi connectivity index (χ2v) is 10.1. The fourth-order valence-corrected chi connectivity index (χ4v) is 5.49. The molecule has 0 bridgehead atoms. The number of hydrogen-bond donors (Lipinski definition) is 1. The van der Waals surface area contributed by atoms with Crippen LogP contribution in [0.25, 0.3) is 5.69 Å². The van der Waals surface area contributed by atoms with Crippen LogP contribution in [0.4, 0.5) is 0 Å². The van der Waals surface area contributed by atoms with Gasteiger partial charge < -0.3 is 10.2 Å². The van der Waals surface area contributed by atoms with Gasteiger partial charge in [0.1, 0.15) is 0 Å². The summed E-state index contributed by atoms with van der Waals surface area (Å²) < 4.78 is 1.92. The van der Waals surface area contributed by atoms with Gasteiger partial charge in [0.25, 0.3) is 0 Å². The molecule has 35 heavy (non-hydrogen) atoms. The van der Waals surface area contributed by atoms with Gasteiger partial charge in [-0.05, 0) is 69.7 Å². The lowest BCUT2D eigenvalue weighted by atomic mass is 9.90. The Bertz CT molecular complexity index is 1240. The number of aryl methyl sites for hydroxylation is 2. The van der Waals surface area contributed by atoms with Gasteiger partial charge in [-0.2, -0.15) is 5.10 Å². The van der Waals surface area contributed by atoms with Gasteiger partial charge in [0.15, 0.2) is 0 Å². The first kappa shape index (κ1) is 23.3. The van der Waals surface area contributed by atoms with E-state index in [0.717, 1.165) is 53.3 Å². The SMILES string of the molecule is Cc1cccc(CNC(=O)C2CC23CCN(C(=O)Cc2c(C)nn(-c4ccccc4)c2C)CC3)n1. The zero-order valence-corrected chi connectivity index (χ0v) is 20.8. The van der Waals surface area contributed by atoms with Gasteiger partial charge in [0, 0.05) is 36.0 Å². The van der Waals surface area contributed by atoms with E-state index in [-0.39, 0.29) is 23.1 Å². The number of likely N-dealkylation sites (tertiary alicyclic amines) is 1. The maximum absolute atomic E-state index is 13.2. The molecule has 2 aliphatic rings. The van der Waals surface area contributed by atoms with E-state index in [1.165, 1.54) is 0 Å². The molecule has 1 atom stereocenters. The fraction of sp³-hybridized carbons (Fsp3) is 0.429. The second-order valence-electron chi connectivity index (χ2n) is 10.1. The molecule has 182 valence electrons. The Labute approximate surface area is 206 Å². The number of carbonyl (C=O) groups is 2. The van der Waals surface area contributed by atoms with Crippen LogP contribution >= 0.6 is 0 Å². The third-order valence-corrected chi connectivity index (χ3v) is 7.78. The van der Waals surface area contributed by atoms with Crippen molar-refractivity contribution in [2.45, 2.75) is 53.0 Å². The average molecular weight is 472 g/mol. The Morgan fingerprint density at radius 1 is 1.03 bits per heavy atom. The minimum Gasteiger partial charge on any atom is -0.350 e. The maximum Gasteiger partial charge on any atom is 0.227 e. The van der Waals surface area contributed by atoms with Gasteiger partial charge in [0.05, 0.1) is 30.0 Å². The molecule has 5 rings (SSSR count). The van der Waals surface area contributed by atoms with Crippen LogP contribution < -0.4 is 5.32 Å². The molecular formula is C28H33N5O2. The third-order valence-electron chi connectivity index (χ3n) is 7.78. The van der Waals surface area contributed by atoms with Crippen LogP contribution in [0.15, 0.2) is 48.5 Å². The van der Waals surface area contributed by atoms with Crippen molar-refractivity contribution < 1.29 is 9.59 Å². The Hall–Kier alpha value is -3.48. The molecule has 1 unspecified atom stereocenters. The summed E-state index contributed by atoms with van der Waals surface area (Å²) in [5.74, 6) is 0.316. The Balaban J connectivity index is 1.15.